The van der Waals surface area contributed by atoms with Crippen molar-refractivity contribution in [3.8, 4) is 0 Å². The van der Waals surface area contributed by atoms with Crippen LogP contribution in [0.25, 0.3) is 20.2 Å². The van der Waals surface area contributed by atoms with E-state index in [9.17, 15) is 18.0 Å². The van der Waals surface area contributed by atoms with Gasteiger partial charge in [0.1, 0.15) is 0 Å². The predicted molar refractivity (Wildman–Crippen MR) is 75.6 cm³/mol. The minimum Gasteiger partial charge on any atom is -0.288 e. The predicted octanol–water partition coefficient (Wildman–Crippen LogP) is 5.09. The van der Waals surface area contributed by atoms with E-state index in [0.29, 0.717) is 9.40 Å². The van der Waals surface area contributed by atoms with Gasteiger partial charge < -0.3 is 0 Å². The fourth-order valence-corrected chi connectivity index (χ4v) is 3.44. The van der Waals surface area contributed by atoms with Crippen LogP contribution in [-0.2, 0) is 6.18 Å². The van der Waals surface area contributed by atoms with E-state index >= 15 is 0 Å². The first kappa shape index (κ1) is 13.4. The van der Waals surface area contributed by atoms with Gasteiger partial charge in [0.05, 0.1) is 16.0 Å². The molecule has 0 bridgehead atoms. The zero-order valence-electron chi connectivity index (χ0n) is 9.79. The third kappa shape index (κ3) is 2.07. The number of fused-ring (bicyclic) bond motifs is 2. The summed E-state index contributed by atoms with van der Waals surface area (Å²) in [6, 6.07) is 8.18. The van der Waals surface area contributed by atoms with Crippen LogP contribution in [-0.4, -0.2) is 0 Å². The van der Waals surface area contributed by atoms with E-state index in [-0.39, 0.29) is 15.8 Å². The number of hydrogen-bond donors (Lipinski definition) is 0. The van der Waals surface area contributed by atoms with Gasteiger partial charge in [-0.25, -0.2) is 0 Å². The van der Waals surface area contributed by atoms with Gasteiger partial charge in [-0.2, -0.15) is 13.2 Å². The van der Waals surface area contributed by atoms with Gasteiger partial charge in [-0.15, -0.1) is 11.3 Å². The minimum absolute atomic E-state index is 0.0467. The maximum atomic E-state index is 12.7. The van der Waals surface area contributed by atoms with E-state index in [2.05, 4.69) is 0 Å². The Hall–Kier alpha value is -1.59. The summed E-state index contributed by atoms with van der Waals surface area (Å²) in [7, 11) is 0. The number of rotatable bonds is 0. The molecule has 0 saturated carbocycles. The summed E-state index contributed by atoms with van der Waals surface area (Å²) >= 11 is 7.22. The fourth-order valence-electron chi connectivity index (χ4n) is 2.04. The van der Waals surface area contributed by atoms with Crippen LogP contribution in [0, 0.1) is 0 Å². The molecule has 0 saturated heterocycles. The molecule has 20 heavy (non-hydrogen) atoms. The standard InChI is InChI=1S/C14H6ClF3OS/c15-9-2-1-3-11-12(9)13(19)8-6-7(14(16,17)18)4-5-10(8)20-11/h1-6H. The van der Waals surface area contributed by atoms with Crippen molar-refractivity contribution in [3.63, 3.8) is 0 Å². The van der Waals surface area contributed by atoms with Crippen molar-refractivity contribution in [2.24, 2.45) is 0 Å². The summed E-state index contributed by atoms with van der Waals surface area (Å²) in [5.74, 6) is 0. The maximum Gasteiger partial charge on any atom is 0.416 e. The second kappa shape index (κ2) is 4.46. The van der Waals surface area contributed by atoms with Crippen LogP contribution in [0.3, 0.4) is 0 Å². The first-order chi connectivity index (χ1) is 9.38. The molecule has 1 aromatic heterocycles. The van der Waals surface area contributed by atoms with Crippen LogP contribution in [0.15, 0.2) is 41.2 Å². The second-order valence-electron chi connectivity index (χ2n) is 4.25. The summed E-state index contributed by atoms with van der Waals surface area (Å²) in [5.41, 5.74) is -1.30. The maximum absolute atomic E-state index is 12.7. The topological polar surface area (TPSA) is 17.1 Å². The van der Waals surface area contributed by atoms with Gasteiger partial charge >= 0.3 is 6.18 Å². The minimum atomic E-state index is -4.47. The van der Waals surface area contributed by atoms with Gasteiger partial charge in [0.15, 0.2) is 5.43 Å². The second-order valence-corrected chi connectivity index (χ2v) is 5.74. The Balaban J connectivity index is 2.47. The van der Waals surface area contributed by atoms with Gasteiger partial charge in [-0.3, -0.25) is 4.79 Å². The summed E-state index contributed by atoms with van der Waals surface area (Å²) in [5, 5.41) is 0.569. The summed E-state index contributed by atoms with van der Waals surface area (Å²) < 4.78 is 39.3. The van der Waals surface area contributed by atoms with Gasteiger partial charge in [0.2, 0.25) is 0 Å². The Bertz CT molecular complexity index is 883. The van der Waals surface area contributed by atoms with E-state index in [1.54, 1.807) is 18.2 Å². The number of alkyl halides is 3. The van der Waals surface area contributed by atoms with Crippen molar-refractivity contribution in [2.45, 2.75) is 6.18 Å². The molecule has 102 valence electrons. The van der Waals surface area contributed by atoms with Crippen LogP contribution >= 0.6 is 22.9 Å². The SMILES string of the molecule is O=c1c2cc(C(F)(F)F)ccc2sc2cccc(Cl)c12. The van der Waals surface area contributed by atoms with Crippen LogP contribution in [0.4, 0.5) is 13.2 Å². The largest absolute Gasteiger partial charge is 0.416 e. The third-order valence-electron chi connectivity index (χ3n) is 2.97. The molecule has 1 nitrogen and oxygen atoms in total. The molecule has 1 heterocycles. The molecule has 3 aromatic rings. The van der Waals surface area contributed by atoms with Gasteiger partial charge in [0, 0.05) is 14.8 Å². The van der Waals surface area contributed by atoms with Crippen molar-refractivity contribution >= 4 is 43.1 Å². The lowest BCUT2D eigenvalue weighted by Crippen LogP contribution is -2.07. The van der Waals surface area contributed by atoms with E-state index in [1.807, 2.05) is 0 Å². The number of hydrogen-bond acceptors (Lipinski definition) is 2. The lowest BCUT2D eigenvalue weighted by atomic mass is 10.1. The Morgan fingerprint density at radius 1 is 1.05 bits per heavy atom. The molecule has 0 spiro atoms. The molecule has 0 aliphatic heterocycles. The smallest absolute Gasteiger partial charge is 0.288 e. The Morgan fingerprint density at radius 2 is 1.80 bits per heavy atom. The van der Waals surface area contributed by atoms with E-state index in [0.717, 1.165) is 12.1 Å². The highest BCUT2D eigenvalue weighted by molar-refractivity contribution is 7.24. The third-order valence-corrected chi connectivity index (χ3v) is 4.42. The van der Waals surface area contributed by atoms with Crippen molar-refractivity contribution in [1.29, 1.82) is 0 Å². The molecular formula is C14H6ClF3OS. The highest BCUT2D eigenvalue weighted by Crippen LogP contribution is 2.34. The molecule has 0 fully saturated rings. The van der Waals surface area contributed by atoms with Crippen molar-refractivity contribution in [2.75, 3.05) is 0 Å². The first-order valence-corrected chi connectivity index (χ1v) is 6.79. The van der Waals surface area contributed by atoms with Gasteiger partial charge in [0.25, 0.3) is 0 Å². The highest BCUT2D eigenvalue weighted by atomic mass is 35.5. The molecular weight excluding hydrogens is 309 g/mol. The van der Waals surface area contributed by atoms with E-state index in [4.69, 9.17) is 11.6 Å². The molecule has 0 unspecified atom stereocenters. The first-order valence-electron chi connectivity index (χ1n) is 5.60. The van der Waals surface area contributed by atoms with Gasteiger partial charge in [-0.05, 0) is 30.3 Å². The van der Waals surface area contributed by atoms with Crippen LogP contribution in [0.1, 0.15) is 5.56 Å². The van der Waals surface area contributed by atoms with Crippen molar-refractivity contribution < 1.29 is 13.2 Å². The van der Waals surface area contributed by atoms with Crippen molar-refractivity contribution in [3.05, 3.63) is 57.2 Å². The Morgan fingerprint density at radius 3 is 2.50 bits per heavy atom. The lowest BCUT2D eigenvalue weighted by molar-refractivity contribution is -0.137. The normalized spacial score (nSPS) is 12.2. The summed E-state index contributed by atoms with van der Waals surface area (Å²) in [6.07, 6.45) is -4.47. The molecule has 0 N–H and O–H groups in total. The molecule has 6 heteroatoms. The zero-order valence-corrected chi connectivity index (χ0v) is 11.4. The molecule has 0 radical (unpaired) electrons. The quantitative estimate of drug-likeness (QED) is 0.528. The Labute approximate surface area is 120 Å². The molecule has 0 amide bonds. The van der Waals surface area contributed by atoms with E-state index < -0.39 is 17.2 Å². The van der Waals surface area contributed by atoms with Crippen LogP contribution < -0.4 is 5.43 Å². The van der Waals surface area contributed by atoms with Crippen LogP contribution in [0.2, 0.25) is 5.02 Å². The zero-order chi connectivity index (χ0) is 14.5. The fraction of sp³-hybridized carbons (Fsp3) is 0.0714. The highest BCUT2D eigenvalue weighted by Gasteiger charge is 2.30. The lowest BCUT2D eigenvalue weighted by Gasteiger charge is -2.08. The molecule has 2 aromatic carbocycles. The monoisotopic (exact) mass is 314 g/mol. The average molecular weight is 315 g/mol. The summed E-state index contributed by atoms with van der Waals surface area (Å²) in [4.78, 5) is 12.3. The number of halogens is 4. The number of benzene rings is 2. The van der Waals surface area contributed by atoms with E-state index in [1.165, 1.54) is 17.4 Å². The van der Waals surface area contributed by atoms with Crippen molar-refractivity contribution in [1.82, 2.24) is 0 Å². The molecule has 3 rings (SSSR count). The molecule has 0 atom stereocenters. The van der Waals surface area contributed by atoms with Gasteiger partial charge in [-0.1, -0.05) is 17.7 Å². The molecule has 0 aliphatic carbocycles. The molecule has 0 aliphatic rings. The van der Waals surface area contributed by atoms with Crippen LogP contribution in [0.5, 0.6) is 0 Å². The summed E-state index contributed by atoms with van der Waals surface area (Å²) in [6.45, 7) is 0. The Kier molecular flexibility index (Phi) is 2.99. The average Bonchev–Trinajstić information content (AvgIpc) is 2.37.